The number of amides is 1. The maximum atomic E-state index is 14.8. The molecule has 3 aromatic rings. The SMILES string of the molecule is CN(C)/C=C\N(C=O)c1ccc(-c2cc(F)cc(-c3ccnc(N4CCCC(O)C4)c3)c2O)cc1Cl. The fourth-order valence-corrected chi connectivity index (χ4v) is 4.50. The van der Waals surface area contributed by atoms with Gasteiger partial charge in [-0.1, -0.05) is 17.7 Å². The molecule has 2 aromatic carbocycles. The lowest BCUT2D eigenvalue weighted by atomic mass is 9.97. The van der Waals surface area contributed by atoms with Crippen LogP contribution in [0, 0.1) is 5.82 Å². The van der Waals surface area contributed by atoms with Crippen molar-refractivity contribution in [3.8, 4) is 28.0 Å². The first-order valence-electron chi connectivity index (χ1n) is 11.6. The van der Waals surface area contributed by atoms with Crippen molar-refractivity contribution in [2.24, 2.45) is 0 Å². The average Bonchev–Trinajstić information content (AvgIpc) is 2.86. The second-order valence-corrected chi connectivity index (χ2v) is 9.34. The molecule has 36 heavy (non-hydrogen) atoms. The fourth-order valence-electron chi connectivity index (χ4n) is 4.22. The number of β-amino-alcohol motifs (C(OH)–C–C–N with tert-alkyl or cyclic N) is 1. The van der Waals surface area contributed by atoms with E-state index in [-0.39, 0.29) is 16.3 Å². The number of aromatic nitrogens is 1. The maximum Gasteiger partial charge on any atom is 0.218 e. The standard InChI is InChI=1S/C27H28ClFN4O3/c1-31(2)10-11-33(17-34)25-6-5-18(12-24(25)28)22-14-20(29)15-23(27(22)36)19-7-8-30-26(13-19)32-9-3-4-21(35)16-32/h5-8,10-15,17,21,35-36H,3-4,9,16H2,1-2H3/b11-10-. The van der Waals surface area contributed by atoms with E-state index in [0.717, 1.165) is 19.4 Å². The molecule has 1 atom stereocenters. The quantitative estimate of drug-likeness (QED) is 0.441. The zero-order valence-corrected chi connectivity index (χ0v) is 20.9. The fraction of sp³-hybridized carbons (Fsp3) is 0.259. The first-order chi connectivity index (χ1) is 17.3. The highest BCUT2D eigenvalue weighted by Crippen LogP contribution is 2.41. The summed E-state index contributed by atoms with van der Waals surface area (Å²) < 4.78 is 14.8. The van der Waals surface area contributed by atoms with E-state index in [2.05, 4.69) is 4.98 Å². The van der Waals surface area contributed by atoms with E-state index in [4.69, 9.17) is 11.6 Å². The maximum absolute atomic E-state index is 14.8. The molecular formula is C27H28ClFN4O3. The van der Waals surface area contributed by atoms with Crippen molar-refractivity contribution in [2.75, 3.05) is 37.0 Å². The Morgan fingerprint density at radius 2 is 1.83 bits per heavy atom. The van der Waals surface area contributed by atoms with Gasteiger partial charge in [-0.15, -0.1) is 0 Å². The molecule has 2 heterocycles. The molecule has 1 unspecified atom stereocenters. The molecular weight excluding hydrogens is 483 g/mol. The topological polar surface area (TPSA) is 80.1 Å². The van der Waals surface area contributed by atoms with Gasteiger partial charge in [-0.3, -0.25) is 9.69 Å². The van der Waals surface area contributed by atoms with Crippen LogP contribution < -0.4 is 9.80 Å². The normalized spacial score (nSPS) is 15.8. The van der Waals surface area contributed by atoms with E-state index < -0.39 is 11.9 Å². The van der Waals surface area contributed by atoms with Crippen LogP contribution in [0.25, 0.3) is 22.3 Å². The summed E-state index contributed by atoms with van der Waals surface area (Å²) in [7, 11) is 3.66. The minimum atomic E-state index is -0.520. The number of piperidine rings is 1. The summed E-state index contributed by atoms with van der Waals surface area (Å²) in [5, 5.41) is 21.4. The van der Waals surface area contributed by atoms with Crippen LogP contribution in [0.1, 0.15) is 12.8 Å². The summed E-state index contributed by atoms with van der Waals surface area (Å²) >= 11 is 6.48. The number of hydrogen-bond donors (Lipinski definition) is 2. The molecule has 4 rings (SSSR count). The van der Waals surface area contributed by atoms with Crippen molar-refractivity contribution >= 4 is 29.5 Å². The van der Waals surface area contributed by atoms with Crippen LogP contribution in [0.2, 0.25) is 5.02 Å². The number of halogens is 2. The summed E-state index contributed by atoms with van der Waals surface area (Å²) in [4.78, 5) is 21.1. The molecule has 1 saturated heterocycles. The van der Waals surface area contributed by atoms with Gasteiger partial charge in [-0.25, -0.2) is 9.37 Å². The van der Waals surface area contributed by atoms with E-state index in [1.54, 1.807) is 53.8 Å². The van der Waals surface area contributed by atoms with Gasteiger partial charge >= 0.3 is 0 Å². The van der Waals surface area contributed by atoms with Gasteiger partial charge in [0.1, 0.15) is 17.4 Å². The zero-order chi connectivity index (χ0) is 25.8. The second-order valence-electron chi connectivity index (χ2n) is 8.93. The molecule has 1 aromatic heterocycles. The van der Waals surface area contributed by atoms with E-state index in [1.165, 1.54) is 17.0 Å². The lowest BCUT2D eigenvalue weighted by Crippen LogP contribution is -2.38. The van der Waals surface area contributed by atoms with Crippen LogP contribution in [0.5, 0.6) is 5.75 Å². The van der Waals surface area contributed by atoms with Gasteiger partial charge in [0.2, 0.25) is 6.41 Å². The monoisotopic (exact) mass is 510 g/mol. The van der Waals surface area contributed by atoms with Crippen LogP contribution in [0.3, 0.4) is 0 Å². The van der Waals surface area contributed by atoms with Crippen molar-refractivity contribution in [3.05, 3.63) is 71.9 Å². The number of carbonyl (C=O) groups excluding carboxylic acids is 1. The van der Waals surface area contributed by atoms with E-state index >= 15 is 0 Å². The Bertz CT molecular complexity index is 1280. The zero-order valence-electron chi connectivity index (χ0n) is 20.1. The van der Waals surface area contributed by atoms with Crippen LogP contribution in [-0.4, -0.2) is 59.8 Å². The molecule has 9 heteroatoms. The Kier molecular flexibility index (Phi) is 7.76. The predicted molar refractivity (Wildman–Crippen MR) is 141 cm³/mol. The first kappa shape index (κ1) is 25.5. The number of aliphatic hydroxyl groups excluding tert-OH is 1. The van der Waals surface area contributed by atoms with E-state index in [0.29, 0.717) is 41.2 Å². The van der Waals surface area contributed by atoms with Crippen LogP contribution in [0.15, 0.2) is 61.1 Å². The number of nitrogens with zero attached hydrogens (tertiary/aromatic N) is 4. The minimum Gasteiger partial charge on any atom is -0.507 e. The highest BCUT2D eigenvalue weighted by atomic mass is 35.5. The number of hydrogen-bond acceptors (Lipinski definition) is 6. The number of anilines is 2. The Hall–Kier alpha value is -3.62. The molecule has 188 valence electrons. The number of phenols is 1. The lowest BCUT2D eigenvalue weighted by molar-refractivity contribution is -0.106. The molecule has 0 aliphatic carbocycles. The van der Waals surface area contributed by atoms with Gasteiger partial charge in [0.25, 0.3) is 0 Å². The molecule has 0 spiro atoms. The lowest BCUT2D eigenvalue weighted by Gasteiger charge is -2.31. The van der Waals surface area contributed by atoms with Gasteiger partial charge < -0.3 is 20.0 Å². The minimum absolute atomic E-state index is 0.101. The van der Waals surface area contributed by atoms with E-state index in [1.807, 2.05) is 19.0 Å². The number of aromatic hydroxyl groups is 1. The molecule has 1 amide bonds. The van der Waals surface area contributed by atoms with Crippen LogP contribution in [0.4, 0.5) is 15.9 Å². The van der Waals surface area contributed by atoms with E-state index in [9.17, 15) is 19.4 Å². The van der Waals surface area contributed by atoms with Gasteiger partial charge in [-0.2, -0.15) is 0 Å². The Labute approximate surface area is 214 Å². The van der Waals surface area contributed by atoms with Crippen molar-refractivity contribution in [3.63, 3.8) is 0 Å². The number of rotatable bonds is 7. The average molecular weight is 511 g/mol. The first-order valence-corrected chi connectivity index (χ1v) is 11.9. The van der Waals surface area contributed by atoms with Crippen LogP contribution in [-0.2, 0) is 4.79 Å². The number of carbonyl (C=O) groups is 1. The summed E-state index contributed by atoms with van der Waals surface area (Å²) in [6, 6.07) is 10.9. The predicted octanol–water partition coefficient (Wildman–Crippen LogP) is 4.87. The number of phenolic OH excluding ortho intramolecular Hbond substituents is 1. The third-order valence-electron chi connectivity index (χ3n) is 6.03. The summed E-state index contributed by atoms with van der Waals surface area (Å²) in [6.07, 6.45) is 6.72. The van der Waals surface area contributed by atoms with Crippen molar-refractivity contribution in [2.45, 2.75) is 18.9 Å². The largest absolute Gasteiger partial charge is 0.507 e. The third-order valence-corrected chi connectivity index (χ3v) is 6.33. The molecule has 2 N–H and O–H groups in total. The summed E-state index contributed by atoms with van der Waals surface area (Å²) in [5.41, 5.74) is 2.13. The third kappa shape index (κ3) is 5.61. The summed E-state index contributed by atoms with van der Waals surface area (Å²) in [5.74, 6) is 0.0348. The smallest absolute Gasteiger partial charge is 0.218 e. The molecule has 0 bridgehead atoms. The van der Waals surface area contributed by atoms with Crippen molar-refractivity contribution < 1.29 is 19.4 Å². The number of benzene rings is 2. The Morgan fingerprint density at radius 1 is 1.11 bits per heavy atom. The molecule has 0 saturated carbocycles. The van der Waals surface area contributed by atoms with Crippen molar-refractivity contribution in [1.29, 1.82) is 0 Å². The highest BCUT2D eigenvalue weighted by Gasteiger charge is 2.21. The number of pyridine rings is 1. The number of aliphatic hydroxyl groups is 1. The Balaban J connectivity index is 1.70. The van der Waals surface area contributed by atoms with Gasteiger partial charge in [0.05, 0.1) is 16.8 Å². The molecule has 1 fully saturated rings. The van der Waals surface area contributed by atoms with Gasteiger partial charge in [0.15, 0.2) is 0 Å². The molecule has 0 radical (unpaired) electrons. The van der Waals surface area contributed by atoms with Gasteiger partial charge in [0, 0.05) is 56.9 Å². The molecule has 7 nitrogen and oxygen atoms in total. The van der Waals surface area contributed by atoms with Gasteiger partial charge in [-0.05, 0) is 60.4 Å². The molecule has 1 aliphatic rings. The van der Waals surface area contributed by atoms with Crippen molar-refractivity contribution in [1.82, 2.24) is 9.88 Å². The Morgan fingerprint density at radius 3 is 2.47 bits per heavy atom. The second kappa shape index (κ2) is 11.0. The molecule has 1 aliphatic heterocycles. The summed E-state index contributed by atoms with van der Waals surface area (Å²) in [6.45, 7) is 1.24. The van der Waals surface area contributed by atoms with Crippen LogP contribution >= 0.6 is 11.6 Å². The highest BCUT2D eigenvalue weighted by molar-refractivity contribution is 6.34.